The normalized spacial score (nSPS) is 10.9. The second-order valence-corrected chi connectivity index (χ2v) is 9.08. The van der Waals surface area contributed by atoms with Crippen LogP contribution in [0.15, 0.2) is 36.7 Å². The van der Waals surface area contributed by atoms with Crippen LogP contribution in [0, 0.1) is 0 Å². The molecule has 34 heavy (non-hydrogen) atoms. The maximum Gasteiger partial charge on any atom is 0.311 e. The molecule has 188 valence electrons. The average molecular weight is 469 g/mol. The fourth-order valence-corrected chi connectivity index (χ4v) is 3.88. The van der Waals surface area contributed by atoms with Gasteiger partial charge in [-0.2, -0.15) is 0 Å². The summed E-state index contributed by atoms with van der Waals surface area (Å²) in [6, 6.07) is 7.83. The first-order valence-corrected chi connectivity index (χ1v) is 13.5. The lowest BCUT2D eigenvalue weighted by molar-refractivity contribution is -0.134. The molecule has 5 nitrogen and oxygen atoms in total. The van der Waals surface area contributed by atoms with Crippen molar-refractivity contribution in [2.24, 2.45) is 0 Å². The molecule has 0 aliphatic rings. The number of rotatable bonds is 19. The highest BCUT2D eigenvalue weighted by atomic mass is 16.5. The molecule has 0 amide bonds. The minimum absolute atomic E-state index is 0.215. The molecule has 0 saturated carbocycles. The third kappa shape index (κ3) is 12.2. The standard InChI is InChI=1S/C29H44N2O3/c1-3-5-7-9-11-13-15-17-28(32)34-27-23-30-29(31-24-27)25-18-20-26(21-19-25)33-22-16-14-12-10-8-6-4-2/h18-21,23-24H,3-17,22H2,1-2H3. The number of hydrogen-bond acceptors (Lipinski definition) is 5. The van der Waals surface area contributed by atoms with Gasteiger partial charge in [0, 0.05) is 12.0 Å². The third-order valence-electron chi connectivity index (χ3n) is 5.97. The van der Waals surface area contributed by atoms with E-state index >= 15 is 0 Å². The van der Waals surface area contributed by atoms with Gasteiger partial charge in [0.2, 0.25) is 0 Å². The number of carbonyl (C=O) groups excluding carboxylic acids is 1. The van der Waals surface area contributed by atoms with Crippen molar-refractivity contribution in [3.05, 3.63) is 36.7 Å². The molecule has 0 bridgehead atoms. The largest absolute Gasteiger partial charge is 0.494 e. The van der Waals surface area contributed by atoms with Crippen LogP contribution in [-0.4, -0.2) is 22.5 Å². The molecule has 0 saturated heterocycles. The summed E-state index contributed by atoms with van der Waals surface area (Å²) in [4.78, 5) is 20.8. The van der Waals surface area contributed by atoms with Gasteiger partial charge in [-0.05, 0) is 37.1 Å². The van der Waals surface area contributed by atoms with Gasteiger partial charge in [0.1, 0.15) is 5.75 Å². The molecule has 2 rings (SSSR count). The topological polar surface area (TPSA) is 61.3 Å². The Morgan fingerprint density at radius 1 is 0.676 bits per heavy atom. The SMILES string of the molecule is CCCCCCCCCOc1ccc(-c2ncc(OC(=O)CCCCCCCCC)cn2)cc1. The van der Waals surface area contributed by atoms with Crippen molar-refractivity contribution in [1.82, 2.24) is 9.97 Å². The van der Waals surface area contributed by atoms with E-state index in [4.69, 9.17) is 9.47 Å². The number of esters is 1. The highest BCUT2D eigenvalue weighted by Gasteiger charge is 2.07. The molecule has 0 N–H and O–H groups in total. The Kier molecular flexibility index (Phi) is 14.7. The van der Waals surface area contributed by atoms with Crippen molar-refractivity contribution < 1.29 is 14.3 Å². The van der Waals surface area contributed by atoms with Gasteiger partial charge in [0.15, 0.2) is 11.6 Å². The Bertz CT molecular complexity index is 775. The van der Waals surface area contributed by atoms with Crippen molar-refractivity contribution in [2.45, 2.75) is 110 Å². The molecular weight excluding hydrogens is 424 g/mol. The zero-order chi connectivity index (χ0) is 24.3. The van der Waals surface area contributed by atoms with Crippen LogP contribution in [0.3, 0.4) is 0 Å². The molecule has 0 aliphatic heterocycles. The number of nitrogens with zero attached hydrogens (tertiary/aromatic N) is 2. The van der Waals surface area contributed by atoms with Crippen LogP contribution < -0.4 is 9.47 Å². The second-order valence-electron chi connectivity index (χ2n) is 9.08. The summed E-state index contributed by atoms with van der Waals surface area (Å²) >= 11 is 0. The fourth-order valence-electron chi connectivity index (χ4n) is 3.88. The Balaban J connectivity index is 1.64. The second kappa shape index (κ2) is 18.0. The Labute approximate surface area is 206 Å². The first-order valence-electron chi connectivity index (χ1n) is 13.5. The van der Waals surface area contributed by atoms with E-state index in [-0.39, 0.29) is 5.97 Å². The molecule has 0 unspecified atom stereocenters. The fraction of sp³-hybridized carbons (Fsp3) is 0.621. The highest BCUT2D eigenvalue weighted by molar-refractivity contribution is 5.72. The Morgan fingerprint density at radius 2 is 1.21 bits per heavy atom. The number of ether oxygens (including phenoxy) is 2. The lowest BCUT2D eigenvalue weighted by Crippen LogP contribution is -2.08. The summed E-state index contributed by atoms with van der Waals surface area (Å²) in [5.74, 6) is 1.65. The monoisotopic (exact) mass is 468 g/mol. The molecule has 2 aromatic rings. The van der Waals surface area contributed by atoms with Crippen LogP contribution in [0.25, 0.3) is 11.4 Å². The van der Waals surface area contributed by atoms with E-state index in [2.05, 4.69) is 23.8 Å². The summed E-state index contributed by atoms with van der Waals surface area (Å²) in [5.41, 5.74) is 0.907. The summed E-state index contributed by atoms with van der Waals surface area (Å²) in [6.07, 6.45) is 20.8. The van der Waals surface area contributed by atoms with Crippen molar-refractivity contribution >= 4 is 5.97 Å². The van der Waals surface area contributed by atoms with Crippen molar-refractivity contribution in [1.29, 1.82) is 0 Å². The van der Waals surface area contributed by atoms with E-state index in [1.807, 2.05) is 24.3 Å². The molecular formula is C29H44N2O3. The predicted molar refractivity (Wildman–Crippen MR) is 139 cm³/mol. The van der Waals surface area contributed by atoms with E-state index in [9.17, 15) is 4.79 Å². The predicted octanol–water partition coefficient (Wildman–Crippen LogP) is 8.32. The lowest BCUT2D eigenvalue weighted by Gasteiger charge is -2.08. The van der Waals surface area contributed by atoms with E-state index in [1.165, 1.54) is 70.6 Å². The highest BCUT2D eigenvalue weighted by Crippen LogP contribution is 2.21. The summed E-state index contributed by atoms with van der Waals surface area (Å²) in [6.45, 7) is 5.22. The number of benzene rings is 1. The summed E-state index contributed by atoms with van der Waals surface area (Å²) in [7, 11) is 0. The van der Waals surface area contributed by atoms with Crippen molar-refractivity contribution in [3.8, 4) is 22.9 Å². The molecule has 5 heteroatoms. The lowest BCUT2D eigenvalue weighted by atomic mass is 10.1. The van der Waals surface area contributed by atoms with Gasteiger partial charge in [-0.3, -0.25) is 4.79 Å². The van der Waals surface area contributed by atoms with Crippen molar-refractivity contribution in [2.75, 3.05) is 6.61 Å². The van der Waals surface area contributed by atoms with E-state index < -0.39 is 0 Å². The molecule has 0 radical (unpaired) electrons. The first-order chi connectivity index (χ1) is 16.7. The van der Waals surface area contributed by atoms with Gasteiger partial charge < -0.3 is 9.47 Å². The van der Waals surface area contributed by atoms with E-state index in [0.29, 0.717) is 18.0 Å². The number of carbonyl (C=O) groups is 1. The van der Waals surface area contributed by atoms with Crippen LogP contribution in [0.2, 0.25) is 0 Å². The van der Waals surface area contributed by atoms with Gasteiger partial charge >= 0.3 is 5.97 Å². The maximum atomic E-state index is 12.0. The van der Waals surface area contributed by atoms with Crippen molar-refractivity contribution in [3.63, 3.8) is 0 Å². The van der Waals surface area contributed by atoms with Gasteiger partial charge in [0.25, 0.3) is 0 Å². The molecule has 1 aromatic carbocycles. The molecule has 0 fully saturated rings. The number of aromatic nitrogens is 2. The molecule has 0 atom stereocenters. The number of hydrogen-bond donors (Lipinski definition) is 0. The molecule has 0 aliphatic carbocycles. The van der Waals surface area contributed by atoms with Gasteiger partial charge in [-0.25, -0.2) is 9.97 Å². The quantitative estimate of drug-likeness (QED) is 0.153. The third-order valence-corrected chi connectivity index (χ3v) is 5.97. The summed E-state index contributed by atoms with van der Waals surface area (Å²) < 4.78 is 11.2. The van der Waals surface area contributed by atoms with Gasteiger partial charge in [0.05, 0.1) is 19.0 Å². The van der Waals surface area contributed by atoms with Gasteiger partial charge in [-0.1, -0.05) is 90.9 Å². The first kappa shape index (κ1) is 27.8. The Morgan fingerprint density at radius 3 is 1.79 bits per heavy atom. The zero-order valence-corrected chi connectivity index (χ0v) is 21.4. The summed E-state index contributed by atoms with van der Waals surface area (Å²) in [5, 5.41) is 0. The van der Waals surface area contributed by atoms with E-state index in [0.717, 1.165) is 37.2 Å². The molecule has 1 heterocycles. The maximum absolute atomic E-state index is 12.0. The average Bonchev–Trinajstić information content (AvgIpc) is 2.86. The smallest absolute Gasteiger partial charge is 0.311 e. The van der Waals surface area contributed by atoms with Crippen LogP contribution in [0.4, 0.5) is 0 Å². The van der Waals surface area contributed by atoms with E-state index in [1.54, 1.807) is 12.4 Å². The zero-order valence-electron chi connectivity index (χ0n) is 21.4. The molecule has 1 aromatic heterocycles. The van der Waals surface area contributed by atoms with Crippen LogP contribution >= 0.6 is 0 Å². The van der Waals surface area contributed by atoms with Crippen LogP contribution in [-0.2, 0) is 4.79 Å². The Hall–Kier alpha value is -2.43. The number of unbranched alkanes of at least 4 members (excludes halogenated alkanes) is 12. The van der Waals surface area contributed by atoms with Crippen LogP contribution in [0.5, 0.6) is 11.5 Å². The minimum Gasteiger partial charge on any atom is -0.494 e. The van der Waals surface area contributed by atoms with Crippen LogP contribution in [0.1, 0.15) is 110 Å². The molecule has 0 spiro atoms. The van der Waals surface area contributed by atoms with Gasteiger partial charge in [-0.15, -0.1) is 0 Å². The minimum atomic E-state index is -0.215.